The van der Waals surface area contributed by atoms with Gasteiger partial charge in [-0.15, -0.1) is 0 Å². The number of hydrogen-bond donors (Lipinski definition) is 0. The molecule has 0 radical (unpaired) electrons. The zero-order chi connectivity index (χ0) is 17.0. The Kier molecular flexibility index (Phi) is 5.68. The van der Waals surface area contributed by atoms with Gasteiger partial charge in [-0.1, -0.05) is 0 Å². The highest BCUT2D eigenvalue weighted by atomic mass is 32.2. The van der Waals surface area contributed by atoms with Gasteiger partial charge in [-0.05, 0) is 11.8 Å². The third-order valence-corrected chi connectivity index (χ3v) is 4.63. The van der Waals surface area contributed by atoms with E-state index in [-0.39, 0.29) is 11.6 Å². The van der Waals surface area contributed by atoms with Crippen LogP contribution in [0.2, 0.25) is 0 Å². The number of aryl methyl sites for hydroxylation is 1. The molecule has 0 N–H and O–H groups in total. The molecule has 0 aromatic carbocycles. The minimum absolute atomic E-state index is 0.240. The second-order valence-electron chi connectivity index (χ2n) is 5.36. The van der Waals surface area contributed by atoms with Gasteiger partial charge in [0.25, 0.3) is 0 Å². The maximum Gasteiger partial charge on any atom is 0.343 e. The summed E-state index contributed by atoms with van der Waals surface area (Å²) in [7, 11) is -3.97. The fourth-order valence-corrected chi connectivity index (χ4v) is 3.64. The number of imidazole rings is 1. The topological polar surface area (TPSA) is 117 Å². The third-order valence-electron chi connectivity index (χ3n) is 3.44. The van der Waals surface area contributed by atoms with Crippen LogP contribution in [0.1, 0.15) is 12.7 Å². The first kappa shape index (κ1) is 17.8. The summed E-state index contributed by atoms with van der Waals surface area (Å²) in [4.78, 5) is 16.0. The molecule has 11 heteroatoms. The van der Waals surface area contributed by atoms with Crippen molar-refractivity contribution in [1.29, 1.82) is 0 Å². The van der Waals surface area contributed by atoms with E-state index >= 15 is 0 Å². The largest absolute Gasteiger partial charge is 0.379 e. The Morgan fingerprint density at radius 2 is 2.13 bits per heavy atom. The molecule has 130 valence electrons. The normalized spacial score (nSPS) is 18.0. The monoisotopic (exact) mass is 348 g/mol. The van der Waals surface area contributed by atoms with Gasteiger partial charge in [0.1, 0.15) is 6.20 Å². The van der Waals surface area contributed by atoms with E-state index < -0.39 is 27.0 Å². The highest BCUT2D eigenvalue weighted by molar-refractivity contribution is 7.85. The van der Waals surface area contributed by atoms with Crippen LogP contribution in [0.5, 0.6) is 0 Å². The molecule has 2 heterocycles. The molecule has 1 unspecified atom stereocenters. The lowest BCUT2D eigenvalue weighted by atomic mass is 10.3. The molecule has 0 amide bonds. The SMILES string of the molecule is Cc1ncc([N+](=O)[O-])n1CS(=O)(=O)OC(C)CN1CCOCC1. The molecule has 2 rings (SSSR count). The Hall–Kier alpha value is -1.56. The van der Waals surface area contributed by atoms with Crippen LogP contribution in [0, 0.1) is 17.0 Å². The van der Waals surface area contributed by atoms with Crippen LogP contribution in [0.3, 0.4) is 0 Å². The van der Waals surface area contributed by atoms with E-state index in [4.69, 9.17) is 8.92 Å². The number of rotatable bonds is 7. The minimum atomic E-state index is -3.97. The third kappa shape index (κ3) is 4.96. The summed E-state index contributed by atoms with van der Waals surface area (Å²) in [6.45, 7) is 6.27. The summed E-state index contributed by atoms with van der Waals surface area (Å²) in [5.74, 6) is -0.775. The standard InChI is InChI=1S/C12H20N4O6S/c1-10(8-14-3-5-21-6-4-14)22-23(19,20)9-15-11(2)13-7-12(15)16(17)18/h7,10H,3-6,8-9H2,1-2H3. The fraction of sp³-hybridized carbons (Fsp3) is 0.750. The fourth-order valence-electron chi connectivity index (χ4n) is 2.38. The summed E-state index contributed by atoms with van der Waals surface area (Å²) in [6.07, 6.45) is 0.475. The number of aromatic nitrogens is 2. The van der Waals surface area contributed by atoms with Crippen molar-refractivity contribution < 1.29 is 22.3 Å². The zero-order valence-electron chi connectivity index (χ0n) is 13.0. The molecule has 1 aromatic rings. The van der Waals surface area contributed by atoms with Crippen LogP contribution in [-0.4, -0.2) is 66.7 Å². The van der Waals surface area contributed by atoms with Crippen molar-refractivity contribution in [3.8, 4) is 0 Å². The number of morpholine rings is 1. The predicted octanol–water partition coefficient (Wildman–Crippen LogP) is 0.124. The van der Waals surface area contributed by atoms with Gasteiger partial charge < -0.3 is 14.9 Å². The van der Waals surface area contributed by atoms with E-state index in [0.717, 1.165) is 23.9 Å². The maximum atomic E-state index is 12.1. The minimum Gasteiger partial charge on any atom is -0.379 e. The molecule has 0 spiro atoms. The Labute approximate surface area is 134 Å². The molecule has 0 saturated carbocycles. The van der Waals surface area contributed by atoms with Gasteiger partial charge in [-0.3, -0.25) is 9.08 Å². The molecule has 10 nitrogen and oxygen atoms in total. The van der Waals surface area contributed by atoms with Gasteiger partial charge in [-0.25, -0.2) is 4.98 Å². The summed E-state index contributed by atoms with van der Waals surface area (Å²) < 4.78 is 35.6. The average molecular weight is 348 g/mol. The van der Waals surface area contributed by atoms with Crippen LogP contribution in [0.25, 0.3) is 0 Å². The van der Waals surface area contributed by atoms with Crippen molar-refractivity contribution >= 4 is 15.9 Å². The maximum absolute atomic E-state index is 12.1. The first-order valence-electron chi connectivity index (χ1n) is 7.16. The van der Waals surface area contributed by atoms with Crippen molar-refractivity contribution in [2.75, 3.05) is 32.8 Å². The van der Waals surface area contributed by atoms with Crippen LogP contribution >= 0.6 is 0 Å². The molecule has 1 saturated heterocycles. The van der Waals surface area contributed by atoms with E-state index in [9.17, 15) is 18.5 Å². The number of nitrogens with zero attached hydrogens (tertiary/aromatic N) is 4. The van der Waals surface area contributed by atoms with Gasteiger partial charge in [-0.2, -0.15) is 13.0 Å². The molecule has 1 aliphatic rings. The van der Waals surface area contributed by atoms with Gasteiger partial charge >= 0.3 is 15.9 Å². The summed E-state index contributed by atoms with van der Waals surface area (Å²) >= 11 is 0. The van der Waals surface area contributed by atoms with E-state index in [0.29, 0.717) is 19.8 Å². The second-order valence-corrected chi connectivity index (χ2v) is 6.92. The van der Waals surface area contributed by atoms with Crippen LogP contribution < -0.4 is 0 Å². The van der Waals surface area contributed by atoms with E-state index in [2.05, 4.69) is 9.88 Å². The van der Waals surface area contributed by atoms with Gasteiger partial charge in [0.2, 0.25) is 5.88 Å². The van der Waals surface area contributed by atoms with Crippen molar-refractivity contribution in [2.24, 2.45) is 0 Å². The predicted molar refractivity (Wildman–Crippen MR) is 80.3 cm³/mol. The number of hydrogen-bond acceptors (Lipinski definition) is 8. The lowest BCUT2D eigenvalue weighted by molar-refractivity contribution is -0.392. The molecule has 0 aliphatic carbocycles. The number of nitro groups is 1. The number of ether oxygens (including phenoxy) is 1. The summed E-state index contributed by atoms with van der Waals surface area (Å²) in [5.41, 5.74) is 0. The van der Waals surface area contributed by atoms with Crippen molar-refractivity contribution in [1.82, 2.24) is 14.5 Å². The van der Waals surface area contributed by atoms with Crippen molar-refractivity contribution in [2.45, 2.75) is 25.8 Å². The first-order chi connectivity index (χ1) is 10.8. The van der Waals surface area contributed by atoms with Crippen molar-refractivity contribution in [3.05, 3.63) is 22.1 Å². The van der Waals surface area contributed by atoms with Gasteiger partial charge in [0.05, 0.1) is 19.3 Å². The average Bonchev–Trinajstić information content (AvgIpc) is 2.80. The lowest BCUT2D eigenvalue weighted by Crippen LogP contribution is -2.41. The van der Waals surface area contributed by atoms with Crippen LogP contribution in [0.4, 0.5) is 5.82 Å². The molecule has 1 atom stereocenters. The van der Waals surface area contributed by atoms with Gasteiger partial charge in [0, 0.05) is 26.6 Å². The molecule has 0 bridgehead atoms. The van der Waals surface area contributed by atoms with E-state index in [1.165, 1.54) is 6.92 Å². The lowest BCUT2D eigenvalue weighted by Gasteiger charge is -2.28. The van der Waals surface area contributed by atoms with E-state index in [1.54, 1.807) is 6.92 Å². The molecule has 1 aliphatic heterocycles. The second kappa shape index (κ2) is 7.34. The smallest absolute Gasteiger partial charge is 0.343 e. The summed E-state index contributed by atoms with van der Waals surface area (Å²) in [5, 5.41) is 10.9. The zero-order valence-corrected chi connectivity index (χ0v) is 13.9. The Balaban J connectivity index is 1.99. The molecule has 23 heavy (non-hydrogen) atoms. The Morgan fingerprint density at radius 1 is 1.48 bits per heavy atom. The highest BCUT2D eigenvalue weighted by Gasteiger charge is 2.27. The molecule has 1 fully saturated rings. The first-order valence-corrected chi connectivity index (χ1v) is 8.74. The quantitative estimate of drug-likeness (QED) is 0.387. The van der Waals surface area contributed by atoms with Crippen LogP contribution in [0.15, 0.2) is 6.20 Å². The van der Waals surface area contributed by atoms with Gasteiger partial charge in [0.15, 0.2) is 5.82 Å². The van der Waals surface area contributed by atoms with Crippen molar-refractivity contribution in [3.63, 3.8) is 0 Å². The Bertz CT molecular complexity index is 653. The molecular weight excluding hydrogens is 328 g/mol. The summed E-state index contributed by atoms with van der Waals surface area (Å²) in [6, 6.07) is 0. The van der Waals surface area contributed by atoms with E-state index in [1.807, 2.05) is 0 Å². The molecular formula is C12H20N4O6S. The van der Waals surface area contributed by atoms with Crippen LogP contribution in [-0.2, 0) is 24.9 Å². The Morgan fingerprint density at radius 3 is 2.74 bits per heavy atom. The highest BCUT2D eigenvalue weighted by Crippen LogP contribution is 2.16. The molecule has 1 aromatic heterocycles.